The lowest BCUT2D eigenvalue weighted by Crippen LogP contribution is -2.33. The van der Waals surface area contributed by atoms with Gasteiger partial charge in [-0.25, -0.2) is 21.8 Å². The number of halogens is 1. The van der Waals surface area contributed by atoms with Crippen molar-refractivity contribution in [2.24, 2.45) is 5.92 Å². The highest BCUT2D eigenvalue weighted by Gasteiger charge is 2.71. The third-order valence-electron chi connectivity index (χ3n) is 7.46. The maximum atomic E-state index is 13.4. The number of hydrogen-bond acceptors (Lipinski definition) is 3. The Morgan fingerprint density at radius 1 is 1.06 bits per heavy atom. The summed E-state index contributed by atoms with van der Waals surface area (Å²) in [7, 11) is -3.26. The Labute approximate surface area is 192 Å². The molecule has 1 aromatic heterocycles. The van der Waals surface area contributed by atoms with Crippen LogP contribution in [0, 0.1) is 18.7 Å². The number of aryl methyl sites for hydroxylation is 1. The number of fused-ring (bicyclic) bond motifs is 2. The van der Waals surface area contributed by atoms with Gasteiger partial charge in [0.25, 0.3) is 0 Å². The summed E-state index contributed by atoms with van der Waals surface area (Å²) in [5.41, 5.74) is 5.08. The molecule has 168 valence electrons. The van der Waals surface area contributed by atoms with Gasteiger partial charge in [-0.3, -0.25) is 0 Å². The molecule has 0 unspecified atom stereocenters. The van der Waals surface area contributed by atoms with E-state index in [0.717, 1.165) is 22.2 Å². The molecule has 1 aliphatic heterocycles. The summed E-state index contributed by atoms with van der Waals surface area (Å²) in [6.07, 6.45) is 3.13. The Balaban J connectivity index is 1.48. The fraction of sp³-hybridized carbons (Fsp3) is 0.269. The molecule has 0 amide bonds. The summed E-state index contributed by atoms with van der Waals surface area (Å²) in [5, 5.41) is 5.55. The smallest absolute Gasteiger partial charge is 0.211 e. The molecular weight excluding hydrogens is 437 g/mol. The lowest BCUT2D eigenvalue weighted by molar-refractivity contribution is 0.425. The molecule has 5 nitrogen and oxygen atoms in total. The minimum Gasteiger partial charge on any atom is -0.233 e. The van der Waals surface area contributed by atoms with Crippen LogP contribution in [0.1, 0.15) is 22.6 Å². The van der Waals surface area contributed by atoms with Gasteiger partial charge in [-0.05, 0) is 65.9 Å². The average molecular weight is 462 g/mol. The molecule has 0 radical (unpaired) electrons. The average Bonchev–Trinajstić information content (AvgIpc) is 3.07. The zero-order chi connectivity index (χ0) is 23.0. The van der Waals surface area contributed by atoms with E-state index in [1.807, 2.05) is 29.1 Å². The van der Waals surface area contributed by atoms with Gasteiger partial charge in [0.1, 0.15) is 5.82 Å². The van der Waals surface area contributed by atoms with Crippen LogP contribution in [0.15, 0.2) is 72.9 Å². The largest absolute Gasteiger partial charge is 0.233 e. The van der Waals surface area contributed by atoms with Gasteiger partial charge in [0.15, 0.2) is 0 Å². The second-order valence-corrected chi connectivity index (χ2v) is 11.3. The minimum absolute atomic E-state index is 0.235. The van der Waals surface area contributed by atoms with Crippen LogP contribution >= 0.6 is 0 Å². The molecule has 0 N–H and O–H groups in total. The van der Waals surface area contributed by atoms with E-state index >= 15 is 0 Å². The molecular formula is C26H24FN3O2S. The van der Waals surface area contributed by atoms with Crippen molar-refractivity contribution >= 4 is 20.9 Å². The lowest BCUT2D eigenvalue weighted by Gasteiger charge is -2.24. The van der Waals surface area contributed by atoms with Crippen molar-refractivity contribution in [3.05, 3.63) is 95.4 Å². The zero-order valence-corrected chi connectivity index (χ0v) is 19.3. The van der Waals surface area contributed by atoms with Gasteiger partial charge >= 0.3 is 0 Å². The van der Waals surface area contributed by atoms with Crippen LogP contribution in [0.2, 0.25) is 0 Å². The maximum absolute atomic E-state index is 13.4. The monoisotopic (exact) mass is 461 g/mol. The van der Waals surface area contributed by atoms with Crippen molar-refractivity contribution < 1.29 is 12.8 Å². The molecule has 2 fully saturated rings. The molecule has 3 aromatic carbocycles. The van der Waals surface area contributed by atoms with E-state index in [-0.39, 0.29) is 17.2 Å². The predicted octanol–water partition coefficient (Wildman–Crippen LogP) is 4.40. The van der Waals surface area contributed by atoms with Crippen LogP contribution < -0.4 is 0 Å². The third kappa shape index (κ3) is 3.06. The molecule has 0 bridgehead atoms. The number of hydrogen-bond donors (Lipinski definition) is 0. The van der Waals surface area contributed by atoms with Crippen molar-refractivity contribution in [3.63, 3.8) is 0 Å². The van der Waals surface area contributed by atoms with Crippen molar-refractivity contribution in [3.8, 4) is 5.69 Å². The summed E-state index contributed by atoms with van der Waals surface area (Å²) in [5.74, 6) is 0.258. The first-order valence-electron chi connectivity index (χ1n) is 11.0. The molecule has 33 heavy (non-hydrogen) atoms. The van der Waals surface area contributed by atoms with Gasteiger partial charge in [-0.1, -0.05) is 30.3 Å². The molecule has 7 heteroatoms. The van der Waals surface area contributed by atoms with E-state index in [4.69, 9.17) is 0 Å². The molecule has 6 rings (SSSR count). The SMILES string of the molecule is Cc1cc2c(cnn2-c2ccc(F)cc2)cc1[C@]12CN(S(C)(=O)=O)C[C@H]1[C@@H]2c1ccccc1. The van der Waals surface area contributed by atoms with Gasteiger partial charge in [0, 0.05) is 29.8 Å². The normalized spacial score (nSPS) is 24.8. The number of nitrogens with zero attached hydrogens (tertiary/aromatic N) is 3. The lowest BCUT2D eigenvalue weighted by atomic mass is 9.87. The van der Waals surface area contributed by atoms with Crippen LogP contribution in [-0.4, -0.2) is 41.8 Å². The fourth-order valence-electron chi connectivity index (χ4n) is 5.94. The Kier molecular flexibility index (Phi) is 4.35. The second-order valence-electron chi connectivity index (χ2n) is 9.35. The van der Waals surface area contributed by atoms with Gasteiger partial charge in [0.05, 0.1) is 23.7 Å². The van der Waals surface area contributed by atoms with Crippen molar-refractivity contribution in [2.45, 2.75) is 18.3 Å². The zero-order valence-electron chi connectivity index (χ0n) is 18.4. The first-order valence-corrected chi connectivity index (χ1v) is 12.9. The molecule has 4 aromatic rings. The highest BCUT2D eigenvalue weighted by atomic mass is 32.2. The molecule has 0 spiro atoms. The Morgan fingerprint density at radius 3 is 2.48 bits per heavy atom. The summed E-state index contributed by atoms with van der Waals surface area (Å²) < 4.78 is 41.6. The van der Waals surface area contributed by atoms with Gasteiger partial charge in [0.2, 0.25) is 10.0 Å². The molecule has 1 saturated carbocycles. The van der Waals surface area contributed by atoms with E-state index in [1.54, 1.807) is 16.4 Å². The van der Waals surface area contributed by atoms with Crippen LogP contribution in [0.5, 0.6) is 0 Å². The highest BCUT2D eigenvalue weighted by molar-refractivity contribution is 7.88. The van der Waals surface area contributed by atoms with Crippen LogP contribution in [0.3, 0.4) is 0 Å². The first-order chi connectivity index (χ1) is 15.8. The molecule has 3 atom stereocenters. The Hall–Kier alpha value is -3.03. The predicted molar refractivity (Wildman–Crippen MR) is 127 cm³/mol. The van der Waals surface area contributed by atoms with E-state index in [0.29, 0.717) is 19.0 Å². The first kappa shape index (κ1) is 20.6. The van der Waals surface area contributed by atoms with E-state index in [2.05, 4.69) is 36.3 Å². The number of piperidine rings is 1. The summed E-state index contributed by atoms with van der Waals surface area (Å²) in [6, 6.07) is 21.0. The Morgan fingerprint density at radius 2 is 1.79 bits per heavy atom. The second kappa shape index (κ2) is 6.98. The van der Waals surface area contributed by atoms with E-state index in [1.165, 1.54) is 29.5 Å². The van der Waals surface area contributed by atoms with Crippen molar-refractivity contribution in [2.75, 3.05) is 19.3 Å². The van der Waals surface area contributed by atoms with Crippen LogP contribution in [-0.2, 0) is 15.4 Å². The number of sulfonamides is 1. The molecule has 2 heterocycles. The number of rotatable bonds is 4. The third-order valence-corrected chi connectivity index (χ3v) is 8.68. The number of benzene rings is 3. The molecule has 1 aliphatic carbocycles. The standard InChI is InChI=1S/C26H24FN3O2S/c1-17-12-24-19(14-28-30(24)21-10-8-20(27)9-11-21)13-22(17)26-16-29(33(2,31)32)15-23(26)25(26)18-6-4-3-5-7-18/h3-14,23,25H,15-16H2,1-2H3/t23-,25-,26+/m0/s1. The van der Waals surface area contributed by atoms with Crippen LogP contribution in [0.4, 0.5) is 4.39 Å². The summed E-state index contributed by atoms with van der Waals surface area (Å²) in [6.45, 7) is 3.13. The minimum atomic E-state index is -3.26. The van der Waals surface area contributed by atoms with Crippen molar-refractivity contribution in [1.82, 2.24) is 14.1 Å². The van der Waals surface area contributed by atoms with Crippen molar-refractivity contribution in [1.29, 1.82) is 0 Å². The number of aromatic nitrogens is 2. The highest BCUT2D eigenvalue weighted by Crippen LogP contribution is 2.70. The summed E-state index contributed by atoms with van der Waals surface area (Å²) >= 11 is 0. The molecule has 2 aliphatic rings. The van der Waals surface area contributed by atoms with E-state index < -0.39 is 10.0 Å². The quantitative estimate of drug-likeness (QED) is 0.453. The summed E-state index contributed by atoms with van der Waals surface area (Å²) in [4.78, 5) is 0. The van der Waals surface area contributed by atoms with Gasteiger partial charge in [-0.2, -0.15) is 5.10 Å². The Bertz CT molecular complexity index is 1480. The topological polar surface area (TPSA) is 55.2 Å². The van der Waals surface area contributed by atoms with Gasteiger partial charge < -0.3 is 0 Å². The van der Waals surface area contributed by atoms with E-state index in [9.17, 15) is 12.8 Å². The maximum Gasteiger partial charge on any atom is 0.211 e. The molecule has 1 saturated heterocycles. The van der Waals surface area contributed by atoms with Crippen LogP contribution in [0.25, 0.3) is 16.6 Å². The fourth-order valence-corrected chi connectivity index (χ4v) is 6.82. The van der Waals surface area contributed by atoms with Gasteiger partial charge in [-0.15, -0.1) is 0 Å².